The van der Waals surface area contributed by atoms with Crippen LogP contribution in [0.5, 0.6) is 0 Å². The van der Waals surface area contributed by atoms with Crippen LogP contribution in [0.1, 0.15) is 39.9 Å². The molecule has 0 unspecified atom stereocenters. The van der Waals surface area contributed by atoms with Crippen LogP contribution in [0.25, 0.3) is 0 Å². The standard InChI is InChI=1S/C14H19N3O3S2/c1-10-7-11(16-20-10)9-22(18,19)17(2)8-14-15-12-5-3-4-6-13(12)21-14/h7H,3-6,8-9H2,1-2H3. The number of aryl methyl sites for hydroxylation is 3. The highest BCUT2D eigenvalue weighted by atomic mass is 32.2. The maximum Gasteiger partial charge on any atom is 0.220 e. The van der Waals surface area contributed by atoms with E-state index in [9.17, 15) is 8.42 Å². The Morgan fingerprint density at radius 2 is 2.14 bits per heavy atom. The SMILES string of the molecule is Cc1cc(CS(=O)(=O)N(C)Cc2nc3c(s2)CCCC3)no1. The predicted octanol–water partition coefficient (Wildman–Crippen LogP) is 2.28. The topological polar surface area (TPSA) is 76.3 Å². The second-order valence-electron chi connectivity index (χ2n) is 5.63. The van der Waals surface area contributed by atoms with Gasteiger partial charge in [0.1, 0.15) is 22.2 Å². The van der Waals surface area contributed by atoms with Gasteiger partial charge in [-0.15, -0.1) is 11.3 Å². The van der Waals surface area contributed by atoms with Crippen LogP contribution in [-0.4, -0.2) is 29.9 Å². The minimum absolute atomic E-state index is 0.147. The third-order valence-electron chi connectivity index (χ3n) is 3.73. The molecule has 6 nitrogen and oxygen atoms in total. The first-order chi connectivity index (χ1) is 10.4. The lowest BCUT2D eigenvalue weighted by Gasteiger charge is -2.14. The van der Waals surface area contributed by atoms with Crippen molar-refractivity contribution in [1.82, 2.24) is 14.4 Å². The second kappa shape index (κ2) is 6.10. The largest absolute Gasteiger partial charge is 0.361 e. The summed E-state index contributed by atoms with van der Waals surface area (Å²) in [4.78, 5) is 5.91. The molecule has 22 heavy (non-hydrogen) atoms. The summed E-state index contributed by atoms with van der Waals surface area (Å²) in [5.74, 6) is 0.465. The van der Waals surface area contributed by atoms with Crippen LogP contribution in [-0.2, 0) is 35.2 Å². The second-order valence-corrected chi connectivity index (χ2v) is 8.87. The van der Waals surface area contributed by atoms with Crippen LogP contribution in [0.4, 0.5) is 0 Å². The fourth-order valence-electron chi connectivity index (χ4n) is 2.54. The molecule has 3 rings (SSSR count). The lowest BCUT2D eigenvalue weighted by molar-refractivity contribution is 0.391. The Bertz CT molecular complexity index is 741. The maximum atomic E-state index is 12.4. The molecule has 0 aromatic carbocycles. The van der Waals surface area contributed by atoms with E-state index >= 15 is 0 Å². The van der Waals surface area contributed by atoms with Gasteiger partial charge in [-0.05, 0) is 32.6 Å². The van der Waals surface area contributed by atoms with E-state index < -0.39 is 10.0 Å². The van der Waals surface area contributed by atoms with Gasteiger partial charge in [0.25, 0.3) is 0 Å². The number of hydrogen-bond acceptors (Lipinski definition) is 6. The molecule has 0 N–H and O–H groups in total. The van der Waals surface area contributed by atoms with Gasteiger partial charge in [-0.2, -0.15) is 4.31 Å². The molecule has 0 fully saturated rings. The molecule has 0 amide bonds. The number of nitrogens with zero attached hydrogens (tertiary/aromatic N) is 3. The number of rotatable bonds is 5. The maximum absolute atomic E-state index is 12.4. The monoisotopic (exact) mass is 341 g/mol. The lowest BCUT2D eigenvalue weighted by atomic mass is 10.0. The van der Waals surface area contributed by atoms with E-state index in [1.165, 1.54) is 22.0 Å². The highest BCUT2D eigenvalue weighted by Gasteiger charge is 2.23. The van der Waals surface area contributed by atoms with Crippen LogP contribution >= 0.6 is 11.3 Å². The van der Waals surface area contributed by atoms with Crippen molar-refractivity contribution in [2.24, 2.45) is 0 Å². The van der Waals surface area contributed by atoms with Gasteiger partial charge in [-0.1, -0.05) is 5.16 Å². The van der Waals surface area contributed by atoms with Crippen LogP contribution in [0.3, 0.4) is 0 Å². The van der Waals surface area contributed by atoms with Crippen molar-refractivity contribution >= 4 is 21.4 Å². The summed E-state index contributed by atoms with van der Waals surface area (Å²) in [7, 11) is -1.84. The average Bonchev–Trinajstić information content (AvgIpc) is 3.03. The molecule has 1 aliphatic carbocycles. The lowest BCUT2D eigenvalue weighted by Crippen LogP contribution is -2.27. The van der Waals surface area contributed by atoms with Gasteiger partial charge in [0, 0.05) is 18.0 Å². The van der Waals surface area contributed by atoms with Crippen molar-refractivity contribution in [2.45, 2.75) is 44.9 Å². The zero-order valence-corrected chi connectivity index (χ0v) is 14.3. The fourth-order valence-corrected chi connectivity index (χ4v) is 4.89. The summed E-state index contributed by atoms with van der Waals surface area (Å²) in [5, 5.41) is 4.62. The van der Waals surface area contributed by atoms with E-state index in [0.29, 0.717) is 18.0 Å². The van der Waals surface area contributed by atoms with Gasteiger partial charge in [0.15, 0.2) is 0 Å². The molecule has 2 aromatic rings. The smallest absolute Gasteiger partial charge is 0.220 e. The minimum atomic E-state index is -3.42. The average molecular weight is 341 g/mol. The highest BCUT2D eigenvalue weighted by Crippen LogP contribution is 2.27. The molecule has 0 saturated carbocycles. The van der Waals surface area contributed by atoms with Gasteiger partial charge in [-0.25, -0.2) is 13.4 Å². The predicted molar refractivity (Wildman–Crippen MR) is 84.1 cm³/mol. The van der Waals surface area contributed by atoms with Gasteiger partial charge < -0.3 is 4.52 Å². The van der Waals surface area contributed by atoms with Crippen LogP contribution in [0.2, 0.25) is 0 Å². The first-order valence-electron chi connectivity index (χ1n) is 7.28. The van der Waals surface area contributed by atoms with Crippen LogP contribution in [0, 0.1) is 6.92 Å². The van der Waals surface area contributed by atoms with Crippen molar-refractivity contribution in [1.29, 1.82) is 0 Å². The third-order valence-corrected chi connectivity index (χ3v) is 6.61. The normalized spacial score (nSPS) is 15.2. The Balaban J connectivity index is 1.70. The molecule has 0 bridgehead atoms. The number of fused-ring (bicyclic) bond motifs is 1. The molecule has 0 radical (unpaired) electrons. The zero-order valence-electron chi connectivity index (χ0n) is 12.7. The Kier molecular flexibility index (Phi) is 4.33. The van der Waals surface area contributed by atoms with E-state index in [1.54, 1.807) is 31.4 Å². The fraction of sp³-hybridized carbons (Fsp3) is 0.571. The summed E-state index contributed by atoms with van der Waals surface area (Å²) in [6.45, 7) is 2.06. The van der Waals surface area contributed by atoms with Crippen molar-refractivity contribution in [3.63, 3.8) is 0 Å². The van der Waals surface area contributed by atoms with Crippen LogP contribution < -0.4 is 0 Å². The van der Waals surface area contributed by atoms with Crippen molar-refractivity contribution < 1.29 is 12.9 Å². The van der Waals surface area contributed by atoms with Crippen molar-refractivity contribution in [3.05, 3.63) is 33.1 Å². The first kappa shape index (κ1) is 15.6. The molecular formula is C14H19N3O3S2. The molecule has 120 valence electrons. The zero-order chi connectivity index (χ0) is 15.7. The molecule has 0 aliphatic heterocycles. The number of hydrogen-bond donors (Lipinski definition) is 0. The summed E-state index contributed by atoms with van der Waals surface area (Å²) >= 11 is 1.64. The van der Waals surface area contributed by atoms with Gasteiger partial charge in [-0.3, -0.25) is 0 Å². The molecular weight excluding hydrogens is 322 g/mol. The number of thiazole rings is 1. The third kappa shape index (κ3) is 3.39. The summed E-state index contributed by atoms with van der Waals surface area (Å²) in [6, 6.07) is 1.65. The van der Waals surface area contributed by atoms with Crippen molar-refractivity contribution in [3.8, 4) is 0 Å². The number of aromatic nitrogens is 2. The minimum Gasteiger partial charge on any atom is -0.361 e. The van der Waals surface area contributed by atoms with E-state index in [0.717, 1.165) is 23.5 Å². The van der Waals surface area contributed by atoms with Crippen LogP contribution in [0.15, 0.2) is 10.6 Å². The summed E-state index contributed by atoms with van der Waals surface area (Å²) in [5.41, 5.74) is 1.59. The van der Waals surface area contributed by atoms with Gasteiger partial charge >= 0.3 is 0 Å². The number of sulfonamides is 1. The molecule has 0 atom stereocenters. The summed E-state index contributed by atoms with van der Waals surface area (Å²) < 4.78 is 31.0. The molecule has 0 spiro atoms. The Labute approximate surface area is 134 Å². The molecule has 8 heteroatoms. The van der Waals surface area contributed by atoms with Gasteiger partial charge in [0.2, 0.25) is 10.0 Å². The van der Waals surface area contributed by atoms with Crippen molar-refractivity contribution in [2.75, 3.05) is 7.05 Å². The summed E-state index contributed by atoms with van der Waals surface area (Å²) in [6.07, 6.45) is 4.46. The van der Waals surface area contributed by atoms with E-state index in [1.807, 2.05) is 0 Å². The molecule has 2 aromatic heterocycles. The molecule has 2 heterocycles. The van der Waals surface area contributed by atoms with E-state index in [4.69, 9.17) is 4.52 Å². The van der Waals surface area contributed by atoms with E-state index in [2.05, 4.69) is 10.1 Å². The molecule has 0 saturated heterocycles. The van der Waals surface area contributed by atoms with E-state index in [-0.39, 0.29) is 5.75 Å². The Morgan fingerprint density at radius 1 is 1.36 bits per heavy atom. The van der Waals surface area contributed by atoms with Gasteiger partial charge in [0.05, 0.1) is 12.2 Å². The Hall–Kier alpha value is -1.25. The first-order valence-corrected chi connectivity index (χ1v) is 9.70. The Morgan fingerprint density at radius 3 is 2.82 bits per heavy atom. The quantitative estimate of drug-likeness (QED) is 0.834. The highest BCUT2D eigenvalue weighted by molar-refractivity contribution is 7.88. The molecule has 1 aliphatic rings.